The van der Waals surface area contributed by atoms with Gasteiger partial charge >= 0.3 is 0 Å². The van der Waals surface area contributed by atoms with Gasteiger partial charge in [-0.15, -0.1) is 0 Å². The molecule has 0 aliphatic carbocycles. The highest BCUT2D eigenvalue weighted by molar-refractivity contribution is 5.91. The average Bonchev–Trinajstić information content (AvgIpc) is 2.81. The van der Waals surface area contributed by atoms with Crippen molar-refractivity contribution in [2.45, 2.75) is 33.9 Å². The average molecular weight is 316 g/mol. The molecule has 0 spiro atoms. The Morgan fingerprint density at radius 2 is 1.75 bits per heavy atom. The summed E-state index contributed by atoms with van der Waals surface area (Å²) < 4.78 is 0. The third-order valence-electron chi connectivity index (χ3n) is 4.99. The lowest BCUT2D eigenvalue weighted by atomic mass is 10.0. The fourth-order valence-corrected chi connectivity index (χ4v) is 3.42. The Bertz CT molecular complexity index is 915. The third kappa shape index (κ3) is 2.12. The molecular formula is C20H20N4. The lowest BCUT2D eigenvalue weighted by Crippen LogP contribution is -2.36. The normalized spacial score (nSPS) is 15.9. The molecule has 0 saturated heterocycles. The monoisotopic (exact) mass is 316 g/mol. The maximum absolute atomic E-state index is 9.57. The number of rotatable bonds is 1. The topological polar surface area (TPSA) is 34.6 Å². The van der Waals surface area contributed by atoms with E-state index in [2.05, 4.69) is 60.5 Å². The van der Waals surface area contributed by atoms with Crippen LogP contribution in [0, 0.1) is 38.7 Å². The number of nitrogens with zero attached hydrogens (tertiary/aromatic N) is 4. The van der Waals surface area contributed by atoms with Crippen molar-refractivity contribution in [3.63, 3.8) is 0 Å². The summed E-state index contributed by atoms with van der Waals surface area (Å²) >= 11 is 0. The molecule has 0 bridgehead atoms. The summed E-state index contributed by atoms with van der Waals surface area (Å²) in [5, 5.41) is 9.57. The van der Waals surface area contributed by atoms with Gasteiger partial charge in [-0.3, -0.25) is 0 Å². The molecule has 24 heavy (non-hydrogen) atoms. The summed E-state index contributed by atoms with van der Waals surface area (Å²) in [6, 6.07) is 10.3. The Morgan fingerprint density at radius 3 is 2.38 bits per heavy atom. The number of anilines is 3. The molecule has 2 aromatic rings. The molecule has 1 atom stereocenters. The van der Waals surface area contributed by atoms with E-state index in [-0.39, 0.29) is 6.17 Å². The van der Waals surface area contributed by atoms with Gasteiger partial charge in [-0.25, -0.2) is 4.85 Å². The van der Waals surface area contributed by atoms with E-state index in [4.69, 9.17) is 6.57 Å². The van der Waals surface area contributed by atoms with E-state index < -0.39 is 0 Å². The Morgan fingerprint density at radius 1 is 1.08 bits per heavy atom. The van der Waals surface area contributed by atoms with Crippen molar-refractivity contribution >= 4 is 22.7 Å². The zero-order chi connectivity index (χ0) is 17.6. The molecule has 1 aliphatic heterocycles. The number of fused-ring (bicyclic) bond motifs is 1. The maximum atomic E-state index is 9.57. The molecule has 4 nitrogen and oxygen atoms in total. The summed E-state index contributed by atoms with van der Waals surface area (Å²) in [7, 11) is 1.98. The number of aryl methyl sites for hydroxylation is 3. The maximum Gasteiger partial charge on any atom is 0.206 e. The predicted octanol–water partition coefficient (Wildman–Crippen LogP) is 4.97. The second kappa shape index (κ2) is 5.58. The molecule has 1 aliphatic rings. The molecule has 0 radical (unpaired) electrons. The Kier molecular flexibility index (Phi) is 3.70. The van der Waals surface area contributed by atoms with Crippen LogP contribution in [0.4, 0.5) is 22.7 Å². The van der Waals surface area contributed by atoms with E-state index in [0.717, 1.165) is 17.1 Å². The van der Waals surface area contributed by atoms with Crippen molar-refractivity contribution < 1.29 is 0 Å². The Labute approximate surface area is 143 Å². The second-order valence-corrected chi connectivity index (χ2v) is 6.39. The number of nitriles is 1. The molecule has 1 heterocycles. The van der Waals surface area contributed by atoms with Crippen LogP contribution in [0.3, 0.4) is 0 Å². The summed E-state index contributed by atoms with van der Waals surface area (Å²) in [5.41, 5.74) is 7.58. The summed E-state index contributed by atoms with van der Waals surface area (Å²) in [5.74, 6) is 0. The first kappa shape index (κ1) is 15.9. The minimum Gasteiger partial charge on any atom is -0.352 e. The number of benzene rings is 2. The standard InChI is InChI=1S/C20H20N4/c1-12-9-14(3)19(10-13(12)2)24-15(4)23(6)20-16(11-21)17(22-5)7-8-18(20)24/h7-10,15H,1-4,6H3/t15-/m0/s1. The van der Waals surface area contributed by atoms with Gasteiger partial charge in [-0.1, -0.05) is 12.1 Å². The molecule has 0 fully saturated rings. The zero-order valence-corrected chi connectivity index (χ0v) is 14.7. The van der Waals surface area contributed by atoms with Crippen LogP contribution < -0.4 is 9.80 Å². The molecule has 0 aromatic heterocycles. The number of hydrogen-bond acceptors (Lipinski definition) is 3. The van der Waals surface area contributed by atoms with E-state index in [1.54, 1.807) is 6.07 Å². The molecule has 0 saturated carbocycles. The highest BCUT2D eigenvalue weighted by atomic mass is 15.4. The van der Waals surface area contributed by atoms with Crippen LogP contribution in [-0.2, 0) is 0 Å². The van der Waals surface area contributed by atoms with Crippen LogP contribution in [-0.4, -0.2) is 13.2 Å². The number of hydrogen-bond donors (Lipinski definition) is 0. The van der Waals surface area contributed by atoms with Gasteiger partial charge < -0.3 is 9.80 Å². The van der Waals surface area contributed by atoms with E-state index >= 15 is 0 Å². The van der Waals surface area contributed by atoms with E-state index in [0.29, 0.717) is 11.3 Å². The van der Waals surface area contributed by atoms with Gasteiger partial charge in [-0.2, -0.15) is 5.26 Å². The van der Waals surface area contributed by atoms with Gasteiger partial charge in [0.15, 0.2) is 0 Å². The van der Waals surface area contributed by atoms with E-state index in [1.165, 1.54) is 16.7 Å². The lowest BCUT2D eigenvalue weighted by Gasteiger charge is -2.29. The molecule has 0 amide bonds. The van der Waals surface area contributed by atoms with Crippen molar-refractivity contribution in [3.05, 3.63) is 57.9 Å². The SMILES string of the molecule is [C-]#[N+]c1ccc2c(c1C#N)N(C)[C@H](C)N2c1cc(C)c(C)cc1C. The Hall–Kier alpha value is -2.98. The predicted molar refractivity (Wildman–Crippen MR) is 98.1 cm³/mol. The van der Waals surface area contributed by atoms with Crippen LogP contribution in [0.2, 0.25) is 0 Å². The minimum atomic E-state index is 0.0777. The fourth-order valence-electron chi connectivity index (χ4n) is 3.42. The van der Waals surface area contributed by atoms with Gasteiger partial charge in [0.25, 0.3) is 0 Å². The first-order valence-corrected chi connectivity index (χ1v) is 7.95. The van der Waals surface area contributed by atoms with Gasteiger partial charge in [0.05, 0.1) is 29.6 Å². The minimum absolute atomic E-state index is 0.0777. The molecule has 0 unspecified atom stereocenters. The smallest absolute Gasteiger partial charge is 0.206 e. The summed E-state index contributed by atoms with van der Waals surface area (Å²) in [6.07, 6.45) is 0.0777. The van der Waals surface area contributed by atoms with Gasteiger partial charge in [0, 0.05) is 12.7 Å². The van der Waals surface area contributed by atoms with Gasteiger partial charge in [0.2, 0.25) is 5.69 Å². The van der Waals surface area contributed by atoms with Crippen LogP contribution in [0.5, 0.6) is 0 Å². The van der Waals surface area contributed by atoms with Gasteiger partial charge in [0.1, 0.15) is 6.17 Å². The van der Waals surface area contributed by atoms with Crippen molar-refractivity contribution in [1.82, 2.24) is 0 Å². The quantitative estimate of drug-likeness (QED) is 0.697. The van der Waals surface area contributed by atoms with Crippen LogP contribution in [0.25, 0.3) is 4.85 Å². The summed E-state index contributed by atoms with van der Waals surface area (Å²) in [4.78, 5) is 7.84. The van der Waals surface area contributed by atoms with Gasteiger partial charge in [-0.05, 0) is 56.5 Å². The van der Waals surface area contributed by atoms with E-state index in [9.17, 15) is 5.26 Å². The highest BCUT2D eigenvalue weighted by Crippen LogP contribution is 2.48. The van der Waals surface area contributed by atoms with Crippen molar-refractivity contribution in [2.75, 3.05) is 16.8 Å². The fraction of sp³-hybridized carbons (Fsp3) is 0.300. The third-order valence-corrected chi connectivity index (χ3v) is 4.99. The second-order valence-electron chi connectivity index (χ2n) is 6.39. The van der Waals surface area contributed by atoms with Crippen molar-refractivity contribution in [3.8, 4) is 6.07 Å². The van der Waals surface area contributed by atoms with Crippen molar-refractivity contribution in [1.29, 1.82) is 5.26 Å². The Balaban J connectivity index is 2.27. The molecule has 4 heteroatoms. The highest BCUT2D eigenvalue weighted by Gasteiger charge is 2.35. The molecule has 3 rings (SSSR count). The molecule has 2 aromatic carbocycles. The van der Waals surface area contributed by atoms with Crippen LogP contribution >= 0.6 is 0 Å². The summed E-state index contributed by atoms with van der Waals surface area (Å²) in [6.45, 7) is 15.8. The van der Waals surface area contributed by atoms with Crippen LogP contribution in [0.1, 0.15) is 29.2 Å². The molecular weight excluding hydrogens is 296 g/mol. The van der Waals surface area contributed by atoms with Crippen LogP contribution in [0.15, 0.2) is 24.3 Å². The molecule has 120 valence electrons. The molecule has 0 N–H and O–H groups in total. The largest absolute Gasteiger partial charge is 0.352 e. The first-order valence-electron chi connectivity index (χ1n) is 7.95. The van der Waals surface area contributed by atoms with E-state index in [1.807, 2.05) is 13.1 Å². The zero-order valence-electron chi connectivity index (χ0n) is 14.7. The van der Waals surface area contributed by atoms with Crippen molar-refractivity contribution in [2.24, 2.45) is 0 Å². The lowest BCUT2D eigenvalue weighted by molar-refractivity contribution is 0.732. The first-order chi connectivity index (χ1) is 11.4.